The summed E-state index contributed by atoms with van der Waals surface area (Å²) in [5, 5.41) is 8.24. The Morgan fingerprint density at radius 2 is 2.20 bits per heavy atom. The number of rotatable bonds is 1. The third kappa shape index (κ3) is 3.46. The summed E-state index contributed by atoms with van der Waals surface area (Å²) in [5.41, 5.74) is 0. The lowest BCUT2D eigenvalue weighted by Gasteiger charge is -1.95. The summed E-state index contributed by atoms with van der Waals surface area (Å²) in [5.74, 6) is 4.56. The Labute approximate surface area is 30.2 Å². The lowest BCUT2D eigenvalue weighted by Crippen LogP contribution is -2.18. The van der Waals surface area contributed by atoms with Gasteiger partial charge in [-0.25, -0.2) is 5.84 Å². The number of hydroxylamine groups is 1. The van der Waals surface area contributed by atoms with Gasteiger partial charge >= 0.3 is 0 Å². The van der Waals surface area contributed by atoms with Crippen LogP contribution in [0, 0.1) is 0 Å². The molecule has 30 valence electrons. The molecule has 0 rings (SSSR count). The first kappa shape index (κ1) is 4.46. The van der Waals surface area contributed by atoms with Crippen LogP contribution in [0.15, 0.2) is 12.8 Å². The van der Waals surface area contributed by atoms with Crippen molar-refractivity contribution in [1.29, 1.82) is 0 Å². The van der Waals surface area contributed by atoms with E-state index in [0.29, 0.717) is 5.17 Å². The summed E-state index contributed by atoms with van der Waals surface area (Å²) in [7, 11) is 0. The lowest BCUT2D eigenvalue weighted by atomic mass is 11.1. The number of hydrogen-bond acceptors (Lipinski definition) is 3. The molecule has 0 aromatic heterocycles. The SMILES string of the molecule is C=CN(N)O. The Hall–Kier alpha value is -0.540. The van der Waals surface area contributed by atoms with Gasteiger partial charge in [0.2, 0.25) is 0 Å². The number of hydrogen-bond donors (Lipinski definition) is 2. The fourth-order valence-corrected chi connectivity index (χ4v) is 0. The average Bonchev–Trinajstić information content (AvgIpc) is 1.38. The molecule has 0 aliphatic rings. The normalized spacial score (nSPS) is 6.80. The second kappa shape index (κ2) is 1.75. The van der Waals surface area contributed by atoms with Gasteiger partial charge in [0.05, 0.1) is 0 Å². The van der Waals surface area contributed by atoms with E-state index in [9.17, 15) is 0 Å². The first-order chi connectivity index (χ1) is 2.27. The van der Waals surface area contributed by atoms with Gasteiger partial charge in [0, 0.05) is 6.20 Å². The lowest BCUT2D eigenvalue weighted by molar-refractivity contribution is -0.0416. The summed E-state index contributed by atoms with van der Waals surface area (Å²) in [4.78, 5) is 0. The van der Waals surface area contributed by atoms with Gasteiger partial charge in [0.15, 0.2) is 0 Å². The first-order valence-corrected chi connectivity index (χ1v) is 1.12. The predicted octanol–water partition coefficient (Wildman–Crippen LogP) is -0.305. The van der Waals surface area contributed by atoms with E-state index in [1.807, 2.05) is 0 Å². The molecular formula is C2H6N2O. The van der Waals surface area contributed by atoms with E-state index in [1.54, 1.807) is 0 Å². The summed E-state index contributed by atoms with van der Waals surface area (Å²) in [6, 6.07) is 0. The van der Waals surface area contributed by atoms with E-state index >= 15 is 0 Å². The molecule has 0 aliphatic heterocycles. The molecule has 0 unspecified atom stereocenters. The van der Waals surface area contributed by atoms with Crippen molar-refractivity contribution < 1.29 is 5.21 Å². The number of hydrazine groups is 1. The number of nitrogens with zero attached hydrogens (tertiary/aromatic N) is 1. The van der Waals surface area contributed by atoms with E-state index in [-0.39, 0.29) is 0 Å². The van der Waals surface area contributed by atoms with Crippen molar-refractivity contribution in [2.75, 3.05) is 0 Å². The summed E-state index contributed by atoms with van der Waals surface area (Å²) >= 11 is 0. The van der Waals surface area contributed by atoms with Crippen LogP contribution in [0.4, 0.5) is 0 Å². The Morgan fingerprint density at radius 3 is 2.20 bits per heavy atom. The Morgan fingerprint density at radius 1 is 2.00 bits per heavy atom. The molecule has 0 radical (unpaired) electrons. The van der Waals surface area contributed by atoms with Crippen molar-refractivity contribution in [3.63, 3.8) is 0 Å². The highest BCUT2D eigenvalue weighted by atomic mass is 16.5. The maximum Gasteiger partial charge on any atom is 0.0385 e. The third-order valence-corrected chi connectivity index (χ3v) is 0.187. The molecule has 0 heterocycles. The predicted molar refractivity (Wildman–Crippen MR) is 18.0 cm³/mol. The minimum absolute atomic E-state index is 0.389. The highest BCUT2D eigenvalue weighted by molar-refractivity contribution is 4.52. The molecule has 0 aliphatic carbocycles. The Balaban J connectivity index is 2.83. The molecule has 0 aromatic rings. The topological polar surface area (TPSA) is 49.5 Å². The molecule has 0 saturated heterocycles. The molecule has 0 spiro atoms. The molecule has 0 amide bonds. The molecule has 0 aromatic carbocycles. The molecule has 5 heavy (non-hydrogen) atoms. The highest BCUT2D eigenvalue weighted by Crippen LogP contribution is 1.56. The van der Waals surface area contributed by atoms with Crippen molar-refractivity contribution >= 4 is 0 Å². The summed E-state index contributed by atoms with van der Waals surface area (Å²) in [6.07, 6.45) is 1.08. The minimum Gasteiger partial charge on any atom is -0.274 e. The van der Waals surface area contributed by atoms with Crippen LogP contribution in [-0.4, -0.2) is 10.4 Å². The summed E-state index contributed by atoms with van der Waals surface area (Å²) < 4.78 is 0. The van der Waals surface area contributed by atoms with E-state index in [2.05, 4.69) is 12.4 Å². The van der Waals surface area contributed by atoms with Gasteiger partial charge in [0.1, 0.15) is 0 Å². The van der Waals surface area contributed by atoms with E-state index in [4.69, 9.17) is 5.21 Å². The van der Waals surface area contributed by atoms with Gasteiger partial charge in [-0.1, -0.05) is 6.58 Å². The van der Waals surface area contributed by atoms with Gasteiger partial charge in [-0.2, -0.15) is 5.17 Å². The van der Waals surface area contributed by atoms with Crippen molar-refractivity contribution in [3.8, 4) is 0 Å². The third-order valence-electron chi connectivity index (χ3n) is 0.187. The maximum absolute atomic E-state index is 7.85. The second-order valence-corrected chi connectivity index (χ2v) is 0.563. The fraction of sp³-hybridized carbons (Fsp3) is 0. The van der Waals surface area contributed by atoms with E-state index < -0.39 is 0 Å². The van der Waals surface area contributed by atoms with Gasteiger partial charge in [-0.15, -0.1) is 0 Å². The Bertz CT molecular complexity index is 34.6. The van der Waals surface area contributed by atoms with Crippen LogP contribution < -0.4 is 5.84 Å². The van der Waals surface area contributed by atoms with Crippen molar-refractivity contribution in [1.82, 2.24) is 5.17 Å². The van der Waals surface area contributed by atoms with Gasteiger partial charge < -0.3 is 0 Å². The van der Waals surface area contributed by atoms with Crippen LogP contribution in [0.2, 0.25) is 0 Å². The van der Waals surface area contributed by atoms with Gasteiger partial charge in [-0.05, 0) is 0 Å². The van der Waals surface area contributed by atoms with Crippen LogP contribution in [-0.2, 0) is 0 Å². The van der Waals surface area contributed by atoms with Crippen LogP contribution in [0.1, 0.15) is 0 Å². The van der Waals surface area contributed by atoms with Crippen molar-refractivity contribution in [3.05, 3.63) is 12.8 Å². The largest absolute Gasteiger partial charge is 0.274 e. The zero-order valence-electron chi connectivity index (χ0n) is 2.76. The van der Waals surface area contributed by atoms with Crippen molar-refractivity contribution in [2.24, 2.45) is 5.84 Å². The summed E-state index contributed by atoms with van der Waals surface area (Å²) in [6.45, 7) is 3.11. The molecular weight excluding hydrogens is 68.0 g/mol. The van der Waals surface area contributed by atoms with Crippen molar-refractivity contribution in [2.45, 2.75) is 0 Å². The van der Waals surface area contributed by atoms with Crippen LogP contribution in [0.3, 0.4) is 0 Å². The smallest absolute Gasteiger partial charge is 0.0385 e. The first-order valence-electron chi connectivity index (χ1n) is 1.12. The molecule has 3 heteroatoms. The molecule has 0 saturated carbocycles. The van der Waals surface area contributed by atoms with Crippen LogP contribution >= 0.6 is 0 Å². The molecule has 0 atom stereocenters. The van der Waals surface area contributed by atoms with Gasteiger partial charge in [0.25, 0.3) is 0 Å². The zero-order valence-corrected chi connectivity index (χ0v) is 2.76. The minimum atomic E-state index is 0.389. The van der Waals surface area contributed by atoms with Crippen LogP contribution in [0.25, 0.3) is 0 Å². The quantitative estimate of drug-likeness (QED) is 0.331. The van der Waals surface area contributed by atoms with E-state index in [0.717, 1.165) is 6.20 Å². The maximum atomic E-state index is 7.85. The molecule has 0 fully saturated rings. The second-order valence-electron chi connectivity index (χ2n) is 0.563. The Kier molecular flexibility index (Phi) is 1.56. The standard InChI is InChI=1S/C2H6N2O/c1-2-4(3)5/h2,5H,1,3H2. The molecule has 3 N–H and O–H groups in total. The molecule has 3 nitrogen and oxygen atoms in total. The highest BCUT2D eigenvalue weighted by Gasteiger charge is 1.63. The molecule has 0 bridgehead atoms. The van der Waals surface area contributed by atoms with Gasteiger partial charge in [-0.3, -0.25) is 5.21 Å². The zero-order chi connectivity index (χ0) is 4.28. The monoisotopic (exact) mass is 74.0 g/mol. The number of nitrogens with two attached hydrogens (primary N) is 1. The average molecular weight is 74.1 g/mol. The van der Waals surface area contributed by atoms with E-state index in [1.165, 1.54) is 0 Å². The fourth-order valence-electron chi connectivity index (χ4n) is 0. The van der Waals surface area contributed by atoms with Crippen LogP contribution in [0.5, 0.6) is 0 Å².